The molecule has 0 aliphatic heterocycles. The normalized spacial score (nSPS) is 13.4. The summed E-state index contributed by atoms with van der Waals surface area (Å²) in [6, 6.07) is 69.9. The first-order valence-corrected chi connectivity index (χ1v) is 21.7. The van der Waals surface area contributed by atoms with E-state index in [1.165, 1.54) is 71.6 Å². The highest BCUT2D eigenvalue weighted by atomic mass is 14.9. The van der Waals surface area contributed by atoms with Gasteiger partial charge >= 0.3 is 0 Å². The van der Waals surface area contributed by atoms with Gasteiger partial charge in [-0.2, -0.15) is 0 Å². The number of aromatic nitrogens is 1. The van der Waals surface area contributed by atoms with Crippen LogP contribution in [0, 0.1) is 0 Å². The predicted molar refractivity (Wildman–Crippen MR) is 266 cm³/mol. The lowest BCUT2D eigenvalue weighted by Gasteiger charge is -2.22. The summed E-state index contributed by atoms with van der Waals surface area (Å²) in [5.41, 5.74) is 23.2. The Labute approximate surface area is 368 Å². The molecular formula is C60H45N3. The SMILES string of the molecule is CC1(C)c2cccc(-c3ccc(-c4ccc(/C(=C/Cc5cccc(-c6cccnc6)c5)N=C(N)c5ccccc5)c5ccccc45)c4ccccc34)c2-c2c1ccc1ccccc21. The summed E-state index contributed by atoms with van der Waals surface area (Å²) in [5, 5.41) is 7.31. The molecule has 63 heavy (non-hydrogen) atoms. The van der Waals surface area contributed by atoms with Crippen molar-refractivity contribution >= 4 is 43.9 Å². The van der Waals surface area contributed by atoms with Crippen LogP contribution in [0.25, 0.3) is 82.5 Å². The Morgan fingerprint density at radius 2 is 1.14 bits per heavy atom. The molecule has 2 N–H and O–H groups in total. The first-order valence-electron chi connectivity index (χ1n) is 21.7. The van der Waals surface area contributed by atoms with E-state index in [-0.39, 0.29) is 5.41 Å². The second kappa shape index (κ2) is 15.5. The highest BCUT2D eigenvalue weighted by Gasteiger charge is 2.38. The van der Waals surface area contributed by atoms with Crippen molar-refractivity contribution in [2.75, 3.05) is 0 Å². The summed E-state index contributed by atoms with van der Waals surface area (Å²) < 4.78 is 0. The van der Waals surface area contributed by atoms with E-state index in [1.54, 1.807) is 6.20 Å². The average Bonchev–Trinajstić information content (AvgIpc) is 3.59. The van der Waals surface area contributed by atoms with Gasteiger partial charge in [0.1, 0.15) is 5.84 Å². The van der Waals surface area contributed by atoms with Gasteiger partial charge in [-0.25, -0.2) is 4.99 Å². The molecule has 0 fully saturated rings. The standard InChI is InChI=1S/C60H45N3/c1-60(2)54-27-13-26-53(58(54)57-44-21-7-6-16-40(44)29-34-55(57)60)51-31-30-49(45-22-8-9-23-46(45)51)50-32-33-52(48-25-11-10-24-47(48)50)56(63-59(61)41-17-4-3-5-18-41)35-28-39-15-12-19-42(37-39)43-20-14-36-62-38-43/h3-27,29-38H,28H2,1-2H3,(H2,61,63)/b56-35-. The van der Waals surface area contributed by atoms with Crippen LogP contribution in [0.5, 0.6) is 0 Å². The van der Waals surface area contributed by atoms with Crippen molar-refractivity contribution in [2.45, 2.75) is 25.7 Å². The van der Waals surface area contributed by atoms with E-state index in [0.717, 1.165) is 38.7 Å². The van der Waals surface area contributed by atoms with Crippen molar-refractivity contribution in [1.82, 2.24) is 4.98 Å². The maximum absolute atomic E-state index is 6.80. The summed E-state index contributed by atoms with van der Waals surface area (Å²) in [6.45, 7) is 4.74. The van der Waals surface area contributed by atoms with Gasteiger partial charge in [-0.15, -0.1) is 0 Å². The zero-order chi connectivity index (χ0) is 42.5. The van der Waals surface area contributed by atoms with Gasteiger partial charge in [0.05, 0.1) is 5.70 Å². The minimum atomic E-state index is -0.117. The predicted octanol–water partition coefficient (Wildman–Crippen LogP) is 14.8. The summed E-state index contributed by atoms with van der Waals surface area (Å²) in [6.07, 6.45) is 6.61. The summed E-state index contributed by atoms with van der Waals surface area (Å²) in [4.78, 5) is 9.53. The van der Waals surface area contributed by atoms with Gasteiger partial charge in [-0.1, -0.05) is 208 Å². The molecule has 0 radical (unpaired) electrons. The molecule has 0 spiro atoms. The number of rotatable bonds is 8. The van der Waals surface area contributed by atoms with Crippen LogP contribution in [0.15, 0.2) is 218 Å². The zero-order valence-corrected chi connectivity index (χ0v) is 35.4. The maximum atomic E-state index is 6.80. The molecule has 1 heterocycles. The minimum absolute atomic E-state index is 0.117. The van der Waals surface area contributed by atoms with Gasteiger partial charge in [0.2, 0.25) is 0 Å². The van der Waals surface area contributed by atoms with Gasteiger partial charge in [0.25, 0.3) is 0 Å². The number of hydrogen-bond acceptors (Lipinski definition) is 2. The number of benzene rings is 9. The number of aliphatic imine (C=N–C) groups is 1. The van der Waals surface area contributed by atoms with Crippen LogP contribution in [0.2, 0.25) is 0 Å². The van der Waals surface area contributed by atoms with E-state index in [0.29, 0.717) is 12.3 Å². The molecule has 0 amide bonds. The Kier molecular flexibility index (Phi) is 9.39. The lowest BCUT2D eigenvalue weighted by Crippen LogP contribution is -2.14. The molecule has 0 saturated heterocycles. The summed E-state index contributed by atoms with van der Waals surface area (Å²) in [7, 11) is 0. The van der Waals surface area contributed by atoms with E-state index < -0.39 is 0 Å². The molecule has 1 aliphatic carbocycles. The van der Waals surface area contributed by atoms with Gasteiger partial charge < -0.3 is 5.73 Å². The Balaban J connectivity index is 1.05. The van der Waals surface area contributed by atoms with Crippen molar-refractivity contribution < 1.29 is 0 Å². The molecule has 3 heteroatoms. The van der Waals surface area contributed by atoms with Gasteiger partial charge in [0.15, 0.2) is 0 Å². The van der Waals surface area contributed by atoms with Gasteiger partial charge in [-0.3, -0.25) is 4.98 Å². The number of hydrogen-bond donors (Lipinski definition) is 1. The van der Waals surface area contributed by atoms with E-state index in [2.05, 4.69) is 183 Å². The van der Waals surface area contributed by atoms with Crippen molar-refractivity contribution in [2.24, 2.45) is 10.7 Å². The van der Waals surface area contributed by atoms with Gasteiger partial charge in [0, 0.05) is 28.9 Å². The number of nitrogens with zero attached hydrogens (tertiary/aromatic N) is 2. The quantitative estimate of drug-likeness (QED) is 0.123. The van der Waals surface area contributed by atoms with Gasteiger partial charge in [-0.05, 0) is 106 Å². The second-order valence-corrected chi connectivity index (χ2v) is 17.1. The highest BCUT2D eigenvalue weighted by molar-refractivity contribution is 6.14. The molecule has 1 aliphatic rings. The third-order valence-corrected chi connectivity index (χ3v) is 13.1. The van der Waals surface area contributed by atoms with Crippen LogP contribution >= 0.6 is 0 Å². The van der Waals surface area contributed by atoms with E-state index in [4.69, 9.17) is 10.7 Å². The fourth-order valence-electron chi connectivity index (χ4n) is 9.94. The Morgan fingerprint density at radius 3 is 1.89 bits per heavy atom. The number of allylic oxidation sites excluding steroid dienone is 1. The zero-order valence-electron chi connectivity index (χ0n) is 35.4. The molecule has 10 aromatic rings. The van der Waals surface area contributed by atoms with Crippen LogP contribution < -0.4 is 5.73 Å². The number of pyridine rings is 1. The van der Waals surface area contributed by atoms with E-state index in [1.807, 2.05) is 42.6 Å². The average molecular weight is 808 g/mol. The molecule has 0 saturated carbocycles. The molecule has 0 unspecified atom stereocenters. The Bertz CT molecular complexity index is 3450. The molecular weight excluding hydrogens is 763 g/mol. The van der Waals surface area contributed by atoms with Crippen LogP contribution in [0.1, 0.15) is 41.7 Å². The minimum Gasteiger partial charge on any atom is -0.383 e. The van der Waals surface area contributed by atoms with Crippen LogP contribution in [-0.4, -0.2) is 10.8 Å². The fraction of sp³-hybridized carbons (Fsp3) is 0.0667. The smallest absolute Gasteiger partial charge is 0.131 e. The van der Waals surface area contributed by atoms with Crippen molar-refractivity contribution in [3.05, 3.63) is 240 Å². The first-order chi connectivity index (χ1) is 30.9. The number of amidine groups is 1. The second-order valence-electron chi connectivity index (χ2n) is 17.1. The lowest BCUT2D eigenvalue weighted by atomic mass is 9.81. The summed E-state index contributed by atoms with van der Waals surface area (Å²) >= 11 is 0. The first kappa shape index (κ1) is 38.1. The van der Waals surface area contributed by atoms with Crippen LogP contribution in [0.3, 0.4) is 0 Å². The molecule has 0 bridgehead atoms. The maximum Gasteiger partial charge on any atom is 0.131 e. The molecule has 1 aromatic heterocycles. The topological polar surface area (TPSA) is 51.3 Å². The third kappa shape index (κ3) is 6.61. The molecule has 11 rings (SSSR count). The number of nitrogens with two attached hydrogens (primary N) is 1. The highest BCUT2D eigenvalue weighted by Crippen LogP contribution is 2.55. The molecule has 300 valence electrons. The molecule has 0 atom stereocenters. The van der Waals surface area contributed by atoms with E-state index in [9.17, 15) is 0 Å². The largest absolute Gasteiger partial charge is 0.383 e. The van der Waals surface area contributed by atoms with Crippen LogP contribution in [-0.2, 0) is 11.8 Å². The van der Waals surface area contributed by atoms with Crippen molar-refractivity contribution in [3.63, 3.8) is 0 Å². The Morgan fingerprint density at radius 1 is 0.524 bits per heavy atom. The molecule has 9 aromatic carbocycles. The lowest BCUT2D eigenvalue weighted by molar-refractivity contribution is 0.661. The summed E-state index contributed by atoms with van der Waals surface area (Å²) in [5.74, 6) is 0.479. The Hall–Kier alpha value is -7.88. The monoisotopic (exact) mass is 807 g/mol. The third-order valence-electron chi connectivity index (χ3n) is 13.1. The van der Waals surface area contributed by atoms with Crippen molar-refractivity contribution in [3.8, 4) is 44.5 Å². The number of fused-ring (bicyclic) bond motifs is 7. The fourth-order valence-corrected chi connectivity index (χ4v) is 9.94. The van der Waals surface area contributed by atoms with Crippen molar-refractivity contribution in [1.29, 1.82) is 0 Å². The van der Waals surface area contributed by atoms with Crippen LogP contribution in [0.4, 0.5) is 0 Å². The van der Waals surface area contributed by atoms with E-state index >= 15 is 0 Å². The molecule has 3 nitrogen and oxygen atoms in total.